The van der Waals surface area contributed by atoms with Crippen LogP contribution in [0.5, 0.6) is 0 Å². The van der Waals surface area contributed by atoms with Crippen molar-refractivity contribution < 1.29 is 9.90 Å². The average Bonchev–Trinajstić information content (AvgIpc) is 3.35. The van der Waals surface area contributed by atoms with Gasteiger partial charge in [-0.2, -0.15) is 0 Å². The minimum Gasteiger partial charge on any atom is -0.390 e. The molecule has 1 atom stereocenters. The predicted molar refractivity (Wildman–Crippen MR) is 86.4 cm³/mol. The molecule has 4 nitrogen and oxygen atoms in total. The van der Waals surface area contributed by atoms with E-state index < -0.39 is 6.10 Å². The Kier molecular flexibility index (Phi) is 5.11. The van der Waals surface area contributed by atoms with Gasteiger partial charge in [0.1, 0.15) is 0 Å². The lowest BCUT2D eigenvalue weighted by molar-refractivity contribution is -0.121. The van der Waals surface area contributed by atoms with Crippen LogP contribution in [0.1, 0.15) is 36.8 Å². The number of fused-ring (bicyclic) bond motifs is 1. The van der Waals surface area contributed by atoms with Crippen molar-refractivity contribution in [1.82, 2.24) is 10.2 Å². The summed E-state index contributed by atoms with van der Waals surface area (Å²) < 4.78 is 0. The summed E-state index contributed by atoms with van der Waals surface area (Å²) in [5.74, 6) is 0.860. The van der Waals surface area contributed by atoms with E-state index in [-0.39, 0.29) is 5.91 Å². The van der Waals surface area contributed by atoms with E-state index in [4.69, 9.17) is 0 Å². The highest BCUT2D eigenvalue weighted by atomic mass is 16.3. The van der Waals surface area contributed by atoms with E-state index in [2.05, 4.69) is 34.5 Å². The van der Waals surface area contributed by atoms with Gasteiger partial charge in [-0.3, -0.25) is 9.69 Å². The molecule has 2 aliphatic rings. The van der Waals surface area contributed by atoms with Crippen LogP contribution in [-0.4, -0.2) is 41.7 Å². The van der Waals surface area contributed by atoms with Crippen LogP contribution in [0.15, 0.2) is 24.3 Å². The summed E-state index contributed by atoms with van der Waals surface area (Å²) in [6.07, 6.45) is 4.73. The van der Waals surface area contributed by atoms with Gasteiger partial charge in [0.05, 0.1) is 6.10 Å². The van der Waals surface area contributed by atoms with Crippen molar-refractivity contribution in [3.05, 3.63) is 35.4 Å². The highest BCUT2D eigenvalue weighted by Crippen LogP contribution is 2.33. The Morgan fingerprint density at radius 2 is 2.09 bits per heavy atom. The normalized spacial score (nSPS) is 19.5. The zero-order valence-corrected chi connectivity index (χ0v) is 13.1. The first-order valence-corrected chi connectivity index (χ1v) is 8.44. The Balaban J connectivity index is 1.36. The fourth-order valence-corrected chi connectivity index (χ4v) is 3.13. The first-order valence-electron chi connectivity index (χ1n) is 8.44. The summed E-state index contributed by atoms with van der Waals surface area (Å²) in [5.41, 5.74) is 2.77. The molecule has 1 unspecified atom stereocenters. The Bertz CT molecular complexity index is 514. The lowest BCUT2D eigenvalue weighted by Crippen LogP contribution is -2.42. The molecule has 1 heterocycles. The highest BCUT2D eigenvalue weighted by molar-refractivity contribution is 5.75. The third kappa shape index (κ3) is 4.55. The van der Waals surface area contributed by atoms with Gasteiger partial charge in [0.25, 0.3) is 0 Å². The number of hydrogen-bond acceptors (Lipinski definition) is 3. The number of carbonyl (C=O) groups excluding carboxylic acids is 1. The van der Waals surface area contributed by atoms with E-state index in [0.717, 1.165) is 31.8 Å². The standard InChI is InChI=1S/C18H26N2O2/c21-17(11-19-18(22)8-7-14-5-6-14)13-20-10-9-15-3-1-2-4-16(15)12-20/h1-4,14,17,21H,5-13H2,(H,19,22). The summed E-state index contributed by atoms with van der Waals surface area (Å²) >= 11 is 0. The molecule has 0 spiro atoms. The number of benzene rings is 1. The largest absolute Gasteiger partial charge is 0.390 e. The first-order chi connectivity index (χ1) is 10.7. The molecule has 1 saturated carbocycles. The second kappa shape index (κ2) is 7.25. The molecule has 2 N–H and O–H groups in total. The summed E-state index contributed by atoms with van der Waals surface area (Å²) in [5, 5.41) is 13.0. The summed E-state index contributed by atoms with van der Waals surface area (Å²) in [6, 6.07) is 8.50. The van der Waals surface area contributed by atoms with E-state index in [1.807, 2.05) is 0 Å². The quantitative estimate of drug-likeness (QED) is 0.806. The summed E-state index contributed by atoms with van der Waals surface area (Å²) in [4.78, 5) is 14.0. The second-order valence-corrected chi connectivity index (χ2v) is 6.69. The van der Waals surface area contributed by atoms with Crippen LogP contribution in [0.3, 0.4) is 0 Å². The minimum atomic E-state index is -0.491. The molecule has 1 fully saturated rings. The first kappa shape index (κ1) is 15.5. The average molecular weight is 302 g/mol. The molecule has 22 heavy (non-hydrogen) atoms. The van der Waals surface area contributed by atoms with Crippen molar-refractivity contribution in [3.63, 3.8) is 0 Å². The molecule has 3 rings (SSSR count). The van der Waals surface area contributed by atoms with E-state index in [1.165, 1.54) is 24.0 Å². The third-order valence-electron chi connectivity index (χ3n) is 4.69. The van der Waals surface area contributed by atoms with Crippen molar-refractivity contribution in [3.8, 4) is 0 Å². The number of hydrogen-bond donors (Lipinski definition) is 2. The van der Waals surface area contributed by atoms with Crippen LogP contribution in [0.25, 0.3) is 0 Å². The fraction of sp³-hybridized carbons (Fsp3) is 0.611. The molecule has 0 radical (unpaired) electrons. The lowest BCUT2D eigenvalue weighted by atomic mass is 10.00. The molecule has 1 aliphatic heterocycles. The molecule has 1 amide bonds. The zero-order chi connectivity index (χ0) is 15.4. The smallest absolute Gasteiger partial charge is 0.220 e. The number of β-amino-alcohol motifs (C(OH)–C–C–N with tert-alkyl or cyclic N) is 1. The van der Waals surface area contributed by atoms with Gasteiger partial charge in [0, 0.05) is 32.6 Å². The SMILES string of the molecule is O=C(CCC1CC1)NCC(O)CN1CCc2ccccc2C1. The zero-order valence-electron chi connectivity index (χ0n) is 13.1. The number of aliphatic hydroxyl groups is 1. The number of rotatable bonds is 7. The van der Waals surface area contributed by atoms with Crippen LogP contribution in [0, 0.1) is 5.92 Å². The van der Waals surface area contributed by atoms with Crippen molar-refractivity contribution in [2.45, 2.75) is 44.8 Å². The number of amides is 1. The van der Waals surface area contributed by atoms with E-state index >= 15 is 0 Å². The van der Waals surface area contributed by atoms with E-state index in [0.29, 0.717) is 19.5 Å². The van der Waals surface area contributed by atoms with Gasteiger partial charge in [0.15, 0.2) is 0 Å². The summed E-state index contributed by atoms with van der Waals surface area (Å²) in [6.45, 7) is 2.85. The molecule has 1 aromatic carbocycles. The molecule has 1 aromatic rings. The van der Waals surface area contributed by atoms with Gasteiger partial charge in [-0.15, -0.1) is 0 Å². The van der Waals surface area contributed by atoms with Gasteiger partial charge in [-0.1, -0.05) is 37.1 Å². The van der Waals surface area contributed by atoms with Crippen LogP contribution >= 0.6 is 0 Å². The number of nitrogens with zero attached hydrogens (tertiary/aromatic N) is 1. The number of carbonyl (C=O) groups is 1. The second-order valence-electron chi connectivity index (χ2n) is 6.69. The minimum absolute atomic E-state index is 0.0786. The monoisotopic (exact) mass is 302 g/mol. The van der Waals surface area contributed by atoms with E-state index in [9.17, 15) is 9.90 Å². The molecule has 1 aliphatic carbocycles. The number of nitrogens with one attached hydrogen (secondary N) is 1. The van der Waals surface area contributed by atoms with Gasteiger partial charge in [-0.05, 0) is 29.9 Å². The van der Waals surface area contributed by atoms with Gasteiger partial charge in [-0.25, -0.2) is 0 Å². The molecule has 0 bridgehead atoms. The van der Waals surface area contributed by atoms with Crippen molar-refractivity contribution in [2.24, 2.45) is 5.92 Å². The Morgan fingerprint density at radius 3 is 2.86 bits per heavy atom. The lowest BCUT2D eigenvalue weighted by Gasteiger charge is -2.30. The molecule has 0 aromatic heterocycles. The third-order valence-corrected chi connectivity index (χ3v) is 4.69. The van der Waals surface area contributed by atoms with Gasteiger partial charge < -0.3 is 10.4 Å². The van der Waals surface area contributed by atoms with Crippen molar-refractivity contribution in [2.75, 3.05) is 19.6 Å². The topological polar surface area (TPSA) is 52.6 Å². The highest BCUT2D eigenvalue weighted by Gasteiger charge is 2.22. The molecule has 0 saturated heterocycles. The Labute approximate surface area is 132 Å². The van der Waals surface area contributed by atoms with E-state index in [1.54, 1.807) is 0 Å². The van der Waals surface area contributed by atoms with Gasteiger partial charge in [0.2, 0.25) is 5.91 Å². The van der Waals surface area contributed by atoms with Crippen molar-refractivity contribution in [1.29, 1.82) is 0 Å². The van der Waals surface area contributed by atoms with Crippen LogP contribution in [0.2, 0.25) is 0 Å². The molecular weight excluding hydrogens is 276 g/mol. The maximum absolute atomic E-state index is 11.7. The molecular formula is C18H26N2O2. The Hall–Kier alpha value is -1.39. The van der Waals surface area contributed by atoms with Crippen LogP contribution in [-0.2, 0) is 17.8 Å². The van der Waals surface area contributed by atoms with Crippen LogP contribution in [0.4, 0.5) is 0 Å². The predicted octanol–water partition coefficient (Wildman–Crippen LogP) is 1.71. The van der Waals surface area contributed by atoms with Gasteiger partial charge >= 0.3 is 0 Å². The summed E-state index contributed by atoms with van der Waals surface area (Å²) in [7, 11) is 0. The van der Waals surface area contributed by atoms with Crippen molar-refractivity contribution >= 4 is 5.91 Å². The van der Waals surface area contributed by atoms with Crippen LogP contribution < -0.4 is 5.32 Å². The molecule has 4 heteroatoms. The Morgan fingerprint density at radius 1 is 1.32 bits per heavy atom. The molecule has 120 valence electrons. The fourth-order valence-electron chi connectivity index (χ4n) is 3.13. The maximum atomic E-state index is 11.7. The maximum Gasteiger partial charge on any atom is 0.220 e. The number of aliphatic hydroxyl groups excluding tert-OH is 1.